The lowest BCUT2D eigenvalue weighted by molar-refractivity contribution is 0.169. The van der Waals surface area contributed by atoms with Gasteiger partial charge in [-0.25, -0.2) is 9.78 Å². The van der Waals surface area contributed by atoms with Crippen LogP contribution in [0.4, 0.5) is 23.1 Å². The number of ether oxygens (including phenoxy) is 1. The third-order valence-electron chi connectivity index (χ3n) is 4.73. The minimum absolute atomic E-state index is 0.394. The molecule has 0 atom stereocenters. The number of nitrogens with one attached hydrogen (secondary N) is 3. The zero-order valence-electron chi connectivity index (χ0n) is 18.1. The number of benzene rings is 2. The summed E-state index contributed by atoms with van der Waals surface area (Å²) >= 11 is 0. The summed E-state index contributed by atoms with van der Waals surface area (Å²) < 4.78 is 10.9. The molecular formula is C23H22N6O3. The molecule has 0 aliphatic heterocycles. The minimum Gasteiger partial charge on any atom is -0.473 e. The van der Waals surface area contributed by atoms with Crippen LogP contribution in [0.25, 0.3) is 11.1 Å². The van der Waals surface area contributed by atoms with Crippen LogP contribution in [0.2, 0.25) is 0 Å². The first-order valence-corrected chi connectivity index (χ1v) is 9.94. The predicted molar refractivity (Wildman–Crippen MR) is 122 cm³/mol. The normalized spacial score (nSPS) is 11.2. The standard InChI is InChI=1S/C23H22N6O3/c1-13-5-6-16(10-19(13)32-23(3,4)12-24)27-21-25-11-14(2)20(29-21)26-15-7-8-18-17(9-15)28-22(30)31-18/h5-11H,1-4H3,(H,28,30)(H2,25,26,27,29). The maximum atomic E-state index is 11.4. The Labute approximate surface area is 184 Å². The lowest BCUT2D eigenvalue weighted by Gasteiger charge is -2.20. The number of oxazole rings is 1. The Bertz CT molecular complexity index is 1400. The molecule has 2 aromatic heterocycles. The van der Waals surface area contributed by atoms with E-state index in [4.69, 9.17) is 9.15 Å². The van der Waals surface area contributed by atoms with Crippen LogP contribution in [0.15, 0.2) is 51.8 Å². The second kappa shape index (κ2) is 8.07. The van der Waals surface area contributed by atoms with E-state index in [1.807, 2.05) is 32.0 Å². The molecule has 0 spiro atoms. The molecule has 0 bridgehead atoms. The molecule has 2 aromatic carbocycles. The summed E-state index contributed by atoms with van der Waals surface area (Å²) in [4.78, 5) is 22.9. The van der Waals surface area contributed by atoms with Crippen molar-refractivity contribution >= 4 is 34.2 Å². The summed E-state index contributed by atoms with van der Waals surface area (Å²) in [7, 11) is 0. The third kappa shape index (κ3) is 4.54. The first kappa shape index (κ1) is 20.9. The minimum atomic E-state index is -0.943. The first-order chi connectivity index (χ1) is 15.2. The van der Waals surface area contributed by atoms with E-state index in [1.54, 1.807) is 38.2 Å². The van der Waals surface area contributed by atoms with Crippen LogP contribution in [-0.2, 0) is 0 Å². The van der Waals surface area contributed by atoms with Crippen molar-refractivity contribution in [2.75, 3.05) is 10.6 Å². The zero-order valence-corrected chi connectivity index (χ0v) is 18.1. The van der Waals surface area contributed by atoms with Gasteiger partial charge in [-0.2, -0.15) is 10.2 Å². The van der Waals surface area contributed by atoms with Gasteiger partial charge in [-0.05, 0) is 57.5 Å². The van der Waals surface area contributed by atoms with Gasteiger partial charge in [0.05, 0.1) is 5.52 Å². The van der Waals surface area contributed by atoms with Gasteiger partial charge < -0.3 is 19.8 Å². The fourth-order valence-electron chi connectivity index (χ4n) is 3.01. The van der Waals surface area contributed by atoms with Crippen LogP contribution >= 0.6 is 0 Å². The van der Waals surface area contributed by atoms with Gasteiger partial charge in [0, 0.05) is 29.2 Å². The number of nitrogens with zero attached hydrogens (tertiary/aromatic N) is 3. The fraction of sp³-hybridized carbons (Fsp3) is 0.217. The van der Waals surface area contributed by atoms with Gasteiger partial charge in [0.25, 0.3) is 0 Å². The summed E-state index contributed by atoms with van der Waals surface area (Å²) in [6.45, 7) is 7.24. The SMILES string of the molecule is Cc1ccc(Nc2ncc(C)c(Nc3ccc4oc(=O)[nH]c4c3)n2)cc1OC(C)(C)C#N. The van der Waals surface area contributed by atoms with Crippen LogP contribution in [0.1, 0.15) is 25.0 Å². The van der Waals surface area contributed by atoms with Crippen molar-refractivity contribution in [2.45, 2.75) is 33.3 Å². The number of aromatic nitrogens is 3. The Morgan fingerprint density at radius 2 is 1.84 bits per heavy atom. The highest BCUT2D eigenvalue weighted by Gasteiger charge is 2.19. The van der Waals surface area contributed by atoms with Gasteiger partial charge >= 0.3 is 5.76 Å². The highest BCUT2D eigenvalue weighted by Crippen LogP contribution is 2.28. The Morgan fingerprint density at radius 1 is 1.09 bits per heavy atom. The van der Waals surface area contributed by atoms with Gasteiger partial charge in [-0.3, -0.25) is 4.98 Å². The van der Waals surface area contributed by atoms with Gasteiger partial charge in [0.15, 0.2) is 11.2 Å². The van der Waals surface area contributed by atoms with Crippen LogP contribution in [0, 0.1) is 25.2 Å². The Kier molecular flexibility index (Phi) is 5.28. The summed E-state index contributed by atoms with van der Waals surface area (Å²) in [6.07, 6.45) is 1.71. The van der Waals surface area contributed by atoms with Crippen molar-refractivity contribution in [3.8, 4) is 11.8 Å². The Hall–Kier alpha value is -4.32. The van der Waals surface area contributed by atoms with E-state index in [1.165, 1.54) is 0 Å². The topological polar surface area (TPSA) is 129 Å². The number of aromatic amines is 1. The molecule has 2 heterocycles. The van der Waals surface area contributed by atoms with E-state index in [-0.39, 0.29) is 0 Å². The molecule has 4 rings (SSSR count). The maximum Gasteiger partial charge on any atom is 0.417 e. The molecule has 0 fully saturated rings. The molecule has 162 valence electrons. The van der Waals surface area contributed by atoms with Crippen LogP contribution in [-0.4, -0.2) is 20.6 Å². The van der Waals surface area contributed by atoms with Crippen LogP contribution < -0.4 is 21.1 Å². The largest absolute Gasteiger partial charge is 0.473 e. The summed E-state index contributed by atoms with van der Waals surface area (Å²) in [5, 5.41) is 15.7. The smallest absolute Gasteiger partial charge is 0.417 e. The molecule has 4 aromatic rings. The molecule has 0 unspecified atom stereocenters. The summed E-state index contributed by atoms with van der Waals surface area (Å²) in [5.41, 5.74) is 3.37. The number of H-pyrrole nitrogens is 1. The average Bonchev–Trinajstić information content (AvgIpc) is 3.12. The van der Waals surface area contributed by atoms with E-state index in [2.05, 4.69) is 31.7 Å². The van der Waals surface area contributed by atoms with Gasteiger partial charge in [0.1, 0.15) is 17.6 Å². The summed E-state index contributed by atoms with van der Waals surface area (Å²) in [6, 6.07) is 13.0. The Balaban J connectivity index is 1.57. The predicted octanol–water partition coefficient (Wildman–Crippen LogP) is 4.70. The van der Waals surface area contributed by atoms with Gasteiger partial charge in [0.2, 0.25) is 5.95 Å². The number of fused-ring (bicyclic) bond motifs is 1. The zero-order chi connectivity index (χ0) is 22.9. The third-order valence-corrected chi connectivity index (χ3v) is 4.73. The van der Waals surface area contributed by atoms with Crippen molar-refractivity contribution in [2.24, 2.45) is 0 Å². The molecule has 0 aliphatic rings. The van der Waals surface area contributed by atoms with Crippen molar-refractivity contribution in [1.29, 1.82) is 5.26 Å². The average molecular weight is 430 g/mol. The number of nitriles is 1. The van der Waals surface area contributed by atoms with E-state index >= 15 is 0 Å². The molecule has 0 amide bonds. The fourth-order valence-corrected chi connectivity index (χ4v) is 3.01. The molecule has 0 aliphatic carbocycles. The number of aryl methyl sites for hydroxylation is 2. The summed E-state index contributed by atoms with van der Waals surface area (Å²) in [5.74, 6) is 1.11. The van der Waals surface area contributed by atoms with Gasteiger partial charge in [-0.1, -0.05) is 6.07 Å². The molecule has 9 nitrogen and oxygen atoms in total. The van der Waals surface area contributed by atoms with Crippen LogP contribution in [0.3, 0.4) is 0 Å². The van der Waals surface area contributed by atoms with Crippen molar-refractivity contribution < 1.29 is 9.15 Å². The number of rotatable bonds is 6. The molecule has 0 saturated heterocycles. The molecule has 0 saturated carbocycles. The monoisotopic (exact) mass is 430 g/mol. The number of hydrogen-bond acceptors (Lipinski definition) is 8. The first-order valence-electron chi connectivity index (χ1n) is 9.94. The number of hydrogen-bond donors (Lipinski definition) is 3. The molecule has 9 heteroatoms. The second-order valence-electron chi connectivity index (χ2n) is 7.91. The van der Waals surface area contributed by atoms with Crippen LogP contribution in [0.5, 0.6) is 5.75 Å². The Morgan fingerprint density at radius 3 is 2.62 bits per heavy atom. The number of anilines is 4. The quantitative estimate of drug-likeness (QED) is 0.402. The molecular weight excluding hydrogens is 408 g/mol. The lowest BCUT2D eigenvalue weighted by Crippen LogP contribution is -2.25. The van der Waals surface area contributed by atoms with Gasteiger partial charge in [-0.15, -0.1) is 0 Å². The van der Waals surface area contributed by atoms with E-state index < -0.39 is 11.4 Å². The maximum absolute atomic E-state index is 11.4. The second-order valence-corrected chi connectivity index (χ2v) is 7.91. The molecule has 0 radical (unpaired) electrons. The van der Waals surface area contributed by atoms with E-state index in [0.717, 1.165) is 22.5 Å². The lowest BCUT2D eigenvalue weighted by atomic mass is 10.1. The molecule has 3 N–H and O–H groups in total. The highest BCUT2D eigenvalue weighted by atomic mass is 16.5. The van der Waals surface area contributed by atoms with Crippen molar-refractivity contribution in [3.05, 3.63) is 64.3 Å². The van der Waals surface area contributed by atoms with Crippen molar-refractivity contribution in [1.82, 2.24) is 15.0 Å². The highest BCUT2D eigenvalue weighted by molar-refractivity contribution is 5.78. The van der Waals surface area contributed by atoms with Crippen molar-refractivity contribution in [3.63, 3.8) is 0 Å². The van der Waals surface area contributed by atoms with E-state index in [0.29, 0.717) is 28.6 Å². The van der Waals surface area contributed by atoms with E-state index in [9.17, 15) is 10.1 Å². The molecule has 32 heavy (non-hydrogen) atoms.